The van der Waals surface area contributed by atoms with Gasteiger partial charge in [0.15, 0.2) is 0 Å². The number of sulfonamides is 1. The summed E-state index contributed by atoms with van der Waals surface area (Å²) >= 11 is 0. The summed E-state index contributed by atoms with van der Waals surface area (Å²) in [7, 11) is -3.37. The van der Waals surface area contributed by atoms with Gasteiger partial charge in [-0.05, 0) is 37.3 Å². The van der Waals surface area contributed by atoms with Crippen LogP contribution < -0.4 is 5.32 Å². The lowest BCUT2D eigenvalue weighted by molar-refractivity contribution is 0.0445. The summed E-state index contributed by atoms with van der Waals surface area (Å²) in [4.78, 5) is 17.8. The van der Waals surface area contributed by atoms with Crippen molar-refractivity contribution in [3.05, 3.63) is 53.9 Å². The fraction of sp³-hybridized carbons (Fsp3) is 0.333. The van der Waals surface area contributed by atoms with Gasteiger partial charge >= 0.3 is 5.97 Å². The average Bonchev–Trinajstić information content (AvgIpc) is 3.31. The van der Waals surface area contributed by atoms with Gasteiger partial charge in [-0.2, -0.15) is 14.7 Å². The van der Waals surface area contributed by atoms with Gasteiger partial charge in [-0.15, -0.1) is 0 Å². The van der Waals surface area contributed by atoms with Crippen LogP contribution in [0.1, 0.15) is 29.3 Å². The lowest BCUT2D eigenvalue weighted by Crippen LogP contribution is -2.73. The Kier molecular flexibility index (Phi) is 5.92. The van der Waals surface area contributed by atoms with Crippen LogP contribution in [0.2, 0.25) is 0 Å². The number of carbonyl (C=O) groups is 1. The Morgan fingerprint density at radius 3 is 2.64 bits per heavy atom. The summed E-state index contributed by atoms with van der Waals surface area (Å²) in [6.07, 6.45) is 5.39. The third kappa shape index (κ3) is 4.33. The number of carboxylic acid groups (broad SMARTS) is 1. The van der Waals surface area contributed by atoms with Gasteiger partial charge in [-0.25, -0.2) is 18.2 Å². The second-order valence-corrected chi connectivity index (χ2v) is 10.1. The van der Waals surface area contributed by atoms with Gasteiger partial charge in [-0.3, -0.25) is 5.10 Å². The Bertz CT molecular complexity index is 1240. The molecule has 3 N–H and O–H groups in total. The van der Waals surface area contributed by atoms with Gasteiger partial charge in [0.05, 0.1) is 41.2 Å². The second-order valence-electron chi connectivity index (χ2n) is 7.86. The minimum Gasteiger partial charge on any atom is -0.478 e. The highest BCUT2D eigenvalue weighted by Crippen LogP contribution is 2.36. The van der Waals surface area contributed by atoms with E-state index in [1.807, 2.05) is 11.0 Å². The molecule has 1 saturated heterocycles. The number of anilines is 1. The van der Waals surface area contributed by atoms with E-state index >= 15 is 0 Å². The van der Waals surface area contributed by atoms with Crippen molar-refractivity contribution in [3.8, 4) is 6.07 Å². The smallest absolute Gasteiger partial charge is 0.335 e. The molecular weight excluding hydrogens is 446 g/mol. The molecule has 0 aliphatic carbocycles. The first-order valence-corrected chi connectivity index (χ1v) is 11.9. The topological polar surface area (TPSA) is 155 Å². The van der Waals surface area contributed by atoms with Gasteiger partial charge in [0.2, 0.25) is 16.0 Å². The van der Waals surface area contributed by atoms with Crippen molar-refractivity contribution < 1.29 is 18.3 Å². The number of aromatic amines is 1. The maximum Gasteiger partial charge on any atom is 0.335 e. The zero-order valence-electron chi connectivity index (χ0n) is 17.9. The molecule has 11 nitrogen and oxygen atoms in total. The van der Waals surface area contributed by atoms with Crippen LogP contribution in [-0.2, 0) is 10.0 Å². The highest BCUT2D eigenvalue weighted by Gasteiger charge is 2.52. The first-order valence-electron chi connectivity index (χ1n) is 10.3. The third-order valence-electron chi connectivity index (χ3n) is 5.81. The fourth-order valence-corrected chi connectivity index (χ4v) is 5.15. The van der Waals surface area contributed by atoms with Gasteiger partial charge in [0.25, 0.3) is 0 Å². The molecule has 0 amide bonds. The lowest BCUT2D eigenvalue weighted by Gasteiger charge is -2.55. The Morgan fingerprint density at radius 1 is 1.33 bits per heavy atom. The molecule has 0 spiro atoms. The van der Waals surface area contributed by atoms with E-state index in [4.69, 9.17) is 10.1 Å². The quantitative estimate of drug-likeness (QED) is 0.552. The van der Waals surface area contributed by atoms with Crippen LogP contribution in [0.25, 0.3) is 5.70 Å². The number of aromatic carboxylic acids is 1. The second kappa shape index (κ2) is 8.68. The van der Waals surface area contributed by atoms with E-state index in [9.17, 15) is 18.5 Å². The van der Waals surface area contributed by atoms with Crippen molar-refractivity contribution in [3.63, 3.8) is 0 Å². The molecule has 0 saturated carbocycles. The number of hydrogen-bond acceptors (Lipinski definition) is 8. The normalized spacial score (nSPS) is 18.0. The van der Waals surface area contributed by atoms with Crippen molar-refractivity contribution in [2.24, 2.45) is 4.99 Å². The number of H-pyrrole nitrogens is 1. The molecule has 2 aromatic rings. The first kappa shape index (κ1) is 22.5. The Labute approximate surface area is 191 Å². The summed E-state index contributed by atoms with van der Waals surface area (Å²) in [5, 5.41) is 28.6. The predicted molar refractivity (Wildman–Crippen MR) is 122 cm³/mol. The molecule has 1 aromatic heterocycles. The third-order valence-corrected chi connectivity index (χ3v) is 7.59. The van der Waals surface area contributed by atoms with Crippen LogP contribution in [0, 0.1) is 11.3 Å². The summed E-state index contributed by atoms with van der Waals surface area (Å²) in [6, 6.07) is 8.42. The molecule has 12 heteroatoms. The number of aromatic nitrogens is 2. The fourth-order valence-electron chi connectivity index (χ4n) is 3.91. The summed E-state index contributed by atoms with van der Waals surface area (Å²) in [5.74, 6) is -0.585. The standard InChI is InChI=1S/C21H23N7O4S/c1-2-33(31,32)27-13-21(14-27,8-9-22)28-10-7-18(16-11-23-24-12-16)26-20(28)25-17-5-3-15(4-6-17)19(29)30/h3-7,11-12H,2,8,10,13-14H2,1H3,(H,23,24)(H,25,26)(H,29,30). The first-order chi connectivity index (χ1) is 15.8. The minimum absolute atomic E-state index is 0.00467. The number of nitrogens with one attached hydrogen (secondary N) is 2. The predicted octanol–water partition coefficient (Wildman–Crippen LogP) is 1.55. The number of guanidine groups is 1. The molecule has 2 aliphatic rings. The lowest BCUT2D eigenvalue weighted by atomic mass is 9.86. The highest BCUT2D eigenvalue weighted by molar-refractivity contribution is 7.89. The molecule has 4 rings (SSSR count). The van der Waals surface area contributed by atoms with E-state index in [1.54, 1.807) is 31.5 Å². The van der Waals surface area contributed by atoms with Gasteiger partial charge in [0, 0.05) is 37.1 Å². The van der Waals surface area contributed by atoms with E-state index in [2.05, 4.69) is 21.6 Å². The van der Waals surface area contributed by atoms with Crippen molar-refractivity contribution in [1.82, 2.24) is 19.4 Å². The number of rotatable bonds is 7. The van der Waals surface area contributed by atoms with Crippen molar-refractivity contribution in [1.29, 1.82) is 5.26 Å². The van der Waals surface area contributed by atoms with Crippen LogP contribution in [0.5, 0.6) is 0 Å². The van der Waals surface area contributed by atoms with E-state index < -0.39 is 21.5 Å². The largest absolute Gasteiger partial charge is 0.478 e. The van der Waals surface area contributed by atoms with Crippen molar-refractivity contribution in [2.45, 2.75) is 18.9 Å². The van der Waals surface area contributed by atoms with Gasteiger partial charge < -0.3 is 15.3 Å². The molecule has 2 aliphatic heterocycles. The van der Waals surface area contributed by atoms with Crippen molar-refractivity contribution in [2.75, 3.05) is 30.7 Å². The number of nitriles is 1. The molecular formula is C21H23N7O4S. The van der Waals surface area contributed by atoms with Crippen molar-refractivity contribution >= 4 is 33.3 Å². The highest BCUT2D eigenvalue weighted by atomic mass is 32.2. The zero-order valence-corrected chi connectivity index (χ0v) is 18.7. The number of carboxylic acids is 1. The molecule has 3 heterocycles. The number of aliphatic imine (C=N–C) groups is 1. The summed E-state index contributed by atoms with van der Waals surface area (Å²) < 4.78 is 26.1. The average molecular weight is 470 g/mol. The van der Waals surface area contributed by atoms with Crippen LogP contribution in [-0.4, -0.2) is 75.8 Å². The number of benzene rings is 1. The molecule has 1 aromatic carbocycles. The van der Waals surface area contributed by atoms with Gasteiger partial charge in [0.1, 0.15) is 0 Å². The van der Waals surface area contributed by atoms with Crippen LogP contribution in [0.4, 0.5) is 5.69 Å². The van der Waals surface area contributed by atoms with Crippen LogP contribution in [0.15, 0.2) is 47.7 Å². The van der Waals surface area contributed by atoms with E-state index in [-0.39, 0.29) is 30.8 Å². The van der Waals surface area contributed by atoms with E-state index in [0.29, 0.717) is 23.9 Å². The number of hydrogen-bond donors (Lipinski definition) is 3. The molecule has 172 valence electrons. The van der Waals surface area contributed by atoms with E-state index in [1.165, 1.54) is 16.4 Å². The summed E-state index contributed by atoms with van der Waals surface area (Å²) in [6.45, 7) is 2.37. The molecule has 0 atom stereocenters. The maximum absolute atomic E-state index is 12.3. The zero-order chi connectivity index (χ0) is 23.6. The number of nitrogens with zero attached hydrogens (tertiary/aromatic N) is 5. The summed E-state index contributed by atoms with van der Waals surface area (Å²) in [5.41, 5.74) is 1.49. The maximum atomic E-state index is 12.3. The molecule has 1 fully saturated rings. The van der Waals surface area contributed by atoms with Gasteiger partial charge in [-0.1, -0.05) is 0 Å². The van der Waals surface area contributed by atoms with Crippen LogP contribution in [0.3, 0.4) is 0 Å². The van der Waals surface area contributed by atoms with E-state index in [0.717, 1.165) is 5.56 Å². The SMILES string of the molecule is CCS(=O)(=O)N1CC(CC#N)(N2CC=C(c3cn[nH]c3)N=C2Nc2ccc(C(=O)O)cc2)C1. The molecule has 0 bridgehead atoms. The monoisotopic (exact) mass is 469 g/mol. The molecule has 33 heavy (non-hydrogen) atoms. The Morgan fingerprint density at radius 2 is 2.06 bits per heavy atom. The Hall–Kier alpha value is -3.69. The Balaban J connectivity index is 1.66. The van der Waals surface area contributed by atoms with Crippen LogP contribution >= 0.6 is 0 Å². The molecule has 0 unspecified atom stereocenters. The minimum atomic E-state index is -3.37. The molecule has 0 radical (unpaired) electrons.